The minimum absolute atomic E-state index is 0.180. The third-order valence-electron chi connectivity index (χ3n) is 6.60. The summed E-state index contributed by atoms with van der Waals surface area (Å²) in [5.74, 6) is 1.43. The molecule has 0 radical (unpaired) electrons. The minimum atomic E-state index is -0.180. The molecule has 0 bridgehead atoms. The van der Waals surface area contributed by atoms with Gasteiger partial charge in [-0.15, -0.1) is 0 Å². The van der Waals surface area contributed by atoms with Gasteiger partial charge in [0.1, 0.15) is 18.2 Å². The minimum Gasteiger partial charge on any atom is -0.487 e. The number of rotatable bonds is 6. The number of nitrogens with zero attached hydrogens (tertiary/aromatic N) is 4. The summed E-state index contributed by atoms with van der Waals surface area (Å²) >= 11 is 5.84. The van der Waals surface area contributed by atoms with E-state index in [0.717, 1.165) is 30.3 Å². The molecule has 8 heteroatoms. The van der Waals surface area contributed by atoms with Crippen LogP contribution in [0.2, 0.25) is 5.02 Å². The normalized spacial score (nSPS) is 24.2. The molecule has 2 aliphatic rings. The van der Waals surface area contributed by atoms with Crippen LogP contribution in [0.1, 0.15) is 19.0 Å². The summed E-state index contributed by atoms with van der Waals surface area (Å²) in [4.78, 5) is 23.7. The Balaban J connectivity index is 1.27. The van der Waals surface area contributed by atoms with Gasteiger partial charge in [-0.3, -0.25) is 14.3 Å². The number of hydrogen-bond acceptors (Lipinski definition) is 6. The Morgan fingerprint density at radius 2 is 2.03 bits per heavy atom. The SMILES string of the molecule is CN[C@@]12CN(c3ccc(-n4ccc(OCc5ccc(Cl)cn5)cc4=O)cn3)C[C@]1(C)C2. The Labute approximate surface area is 185 Å². The second-order valence-electron chi connectivity index (χ2n) is 8.63. The average Bonchev–Trinajstić information content (AvgIpc) is 3.25. The molecule has 1 saturated heterocycles. The zero-order valence-corrected chi connectivity index (χ0v) is 18.3. The van der Waals surface area contributed by atoms with Gasteiger partial charge in [0.2, 0.25) is 0 Å². The molecule has 2 atom stereocenters. The first kappa shape index (κ1) is 20.0. The lowest BCUT2D eigenvalue weighted by Gasteiger charge is -2.22. The number of piperidine rings is 1. The van der Waals surface area contributed by atoms with Crippen molar-refractivity contribution in [3.05, 3.63) is 76.1 Å². The number of ether oxygens (including phenoxy) is 1. The van der Waals surface area contributed by atoms with Crippen LogP contribution in [0.3, 0.4) is 0 Å². The third-order valence-corrected chi connectivity index (χ3v) is 6.83. The van der Waals surface area contributed by atoms with Gasteiger partial charge in [0.05, 0.1) is 22.6 Å². The van der Waals surface area contributed by atoms with Crippen LogP contribution in [-0.4, -0.2) is 40.2 Å². The molecule has 0 spiro atoms. The second-order valence-corrected chi connectivity index (χ2v) is 9.06. The van der Waals surface area contributed by atoms with Crippen LogP contribution in [0.5, 0.6) is 5.75 Å². The molecule has 3 aromatic rings. The van der Waals surface area contributed by atoms with Crippen molar-refractivity contribution in [2.45, 2.75) is 25.5 Å². The van der Waals surface area contributed by atoms with E-state index in [1.165, 1.54) is 12.5 Å². The van der Waals surface area contributed by atoms with Gasteiger partial charge in [0.25, 0.3) is 5.56 Å². The fourth-order valence-electron chi connectivity index (χ4n) is 4.63. The van der Waals surface area contributed by atoms with E-state index < -0.39 is 0 Å². The van der Waals surface area contributed by atoms with Gasteiger partial charge in [0, 0.05) is 42.5 Å². The van der Waals surface area contributed by atoms with Crippen molar-refractivity contribution in [2.24, 2.45) is 5.41 Å². The van der Waals surface area contributed by atoms with E-state index in [1.807, 2.05) is 19.2 Å². The summed E-state index contributed by atoms with van der Waals surface area (Å²) in [6.45, 7) is 4.54. The van der Waals surface area contributed by atoms with Crippen molar-refractivity contribution < 1.29 is 4.74 Å². The number of hydrogen-bond donors (Lipinski definition) is 1. The first-order chi connectivity index (χ1) is 14.9. The topological polar surface area (TPSA) is 72.3 Å². The molecule has 7 nitrogen and oxygen atoms in total. The standard InChI is InChI=1S/C23H24ClN5O2/c1-22-13-23(22,25-2)15-28(14-22)20-6-5-18(11-27-20)29-8-7-19(9-21(29)30)31-12-17-4-3-16(24)10-26-17/h3-11,25H,12-15H2,1-2H3/t22-,23-/m0/s1. The molecule has 1 aliphatic heterocycles. The number of pyridine rings is 3. The Kier molecular flexibility index (Phi) is 4.75. The molecule has 1 aliphatic carbocycles. The monoisotopic (exact) mass is 437 g/mol. The van der Waals surface area contributed by atoms with Gasteiger partial charge in [-0.1, -0.05) is 18.5 Å². The Bertz CT molecular complexity index is 1160. The predicted octanol–water partition coefficient (Wildman–Crippen LogP) is 3.05. The van der Waals surface area contributed by atoms with Gasteiger partial charge in [-0.2, -0.15) is 0 Å². The van der Waals surface area contributed by atoms with Gasteiger partial charge in [-0.05, 0) is 43.8 Å². The Morgan fingerprint density at radius 3 is 2.68 bits per heavy atom. The Hall–Kier alpha value is -2.90. The number of fused-ring (bicyclic) bond motifs is 1. The van der Waals surface area contributed by atoms with Crippen LogP contribution < -0.4 is 20.5 Å². The van der Waals surface area contributed by atoms with E-state index in [1.54, 1.807) is 41.4 Å². The maximum absolute atomic E-state index is 12.6. The number of nitrogens with one attached hydrogen (secondary N) is 1. The van der Waals surface area contributed by atoms with E-state index >= 15 is 0 Å². The maximum Gasteiger partial charge on any atom is 0.258 e. The van der Waals surface area contributed by atoms with Gasteiger partial charge in [0.15, 0.2) is 0 Å². The molecule has 4 heterocycles. The van der Waals surface area contributed by atoms with E-state index in [9.17, 15) is 4.79 Å². The van der Waals surface area contributed by atoms with Crippen molar-refractivity contribution in [1.82, 2.24) is 19.9 Å². The van der Waals surface area contributed by atoms with Crippen molar-refractivity contribution >= 4 is 17.4 Å². The summed E-state index contributed by atoms with van der Waals surface area (Å²) in [5, 5.41) is 4.06. The van der Waals surface area contributed by atoms with E-state index in [2.05, 4.69) is 27.1 Å². The fraction of sp³-hybridized carbons (Fsp3) is 0.348. The molecule has 1 saturated carbocycles. The molecular weight excluding hydrogens is 414 g/mol. The lowest BCUT2D eigenvalue weighted by molar-refractivity contribution is 0.300. The molecule has 31 heavy (non-hydrogen) atoms. The molecule has 5 rings (SSSR count). The Morgan fingerprint density at radius 1 is 1.16 bits per heavy atom. The van der Waals surface area contributed by atoms with E-state index in [4.69, 9.17) is 16.3 Å². The van der Waals surface area contributed by atoms with Gasteiger partial charge in [-0.25, -0.2) is 4.98 Å². The molecule has 0 aromatic carbocycles. The van der Waals surface area contributed by atoms with Crippen LogP contribution in [0.25, 0.3) is 5.69 Å². The lowest BCUT2D eigenvalue weighted by atomic mass is 10.1. The highest BCUT2D eigenvalue weighted by Gasteiger charge is 2.68. The number of likely N-dealkylation sites (N-methyl/N-ethyl adjacent to an activating group) is 1. The molecule has 0 amide bonds. The van der Waals surface area contributed by atoms with Crippen molar-refractivity contribution in [3.63, 3.8) is 0 Å². The molecule has 3 aromatic heterocycles. The first-order valence-electron chi connectivity index (χ1n) is 10.3. The number of aromatic nitrogens is 3. The molecule has 1 N–H and O–H groups in total. The maximum atomic E-state index is 12.6. The molecule has 0 unspecified atom stereocenters. The summed E-state index contributed by atoms with van der Waals surface area (Å²) in [7, 11) is 2.04. The van der Waals surface area contributed by atoms with E-state index in [0.29, 0.717) is 16.2 Å². The highest BCUT2D eigenvalue weighted by atomic mass is 35.5. The van der Waals surface area contributed by atoms with Crippen molar-refractivity contribution in [1.29, 1.82) is 0 Å². The second kappa shape index (κ2) is 7.35. The number of anilines is 1. The van der Waals surface area contributed by atoms with Crippen molar-refractivity contribution in [3.8, 4) is 11.4 Å². The highest BCUT2D eigenvalue weighted by Crippen LogP contribution is 2.60. The zero-order chi connectivity index (χ0) is 21.6. The molecule has 160 valence electrons. The molecular formula is C23H24ClN5O2. The van der Waals surface area contributed by atoms with Crippen LogP contribution in [0, 0.1) is 5.41 Å². The van der Waals surface area contributed by atoms with Crippen LogP contribution in [-0.2, 0) is 6.61 Å². The smallest absolute Gasteiger partial charge is 0.258 e. The summed E-state index contributed by atoms with van der Waals surface area (Å²) in [5.41, 5.74) is 1.80. The fourth-order valence-corrected chi connectivity index (χ4v) is 4.74. The summed E-state index contributed by atoms with van der Waals surface area (Å²) in [6.07, 6.45) is 6.22. The van der Waals surface area contributed by atoms with Crippen LogP contribution in [0.4, 0.5) is 5.82 Å². The van der Waals surface area contributed by atoms with Crippen molar-refractivity contribution in [2.75, 3.05) is 25.0 Å². The average molecular weight is 438 g/mol. The van der Waals surface area contributed by atoms with Crippen LogP contribution >= 0.6 is 11.6 Å². The summed E-state index contributed by atoms with van der Waals surface area (Å²) in [6, 6.07) is 10.7. The number of halogens is 1. The highest BCUT2D eigenvalue weighted by molar-refractivity contribution is 6.30. The third kappa shape index (κ3) is 3.58. The van der Waals surface area contributed by atoms with Gasteiger partial charge >= 0.3 is 0 Å². The predicted molar refractivity (Wildman–Crippen MR) is 120 cm³/mol. The largest absolute Gasteiger partial charge is 0.487 e. The zero-order valence-electron chi connectivity index (χ0n) is 17.5. The first-order valence-corrected chi connectivity index (χ1v) is 10.7. The summed E-state index contributed by atoms with van der Waals surface area (Å²) < 4.78 is 7.24. The lowest BCUT2D eigenvalue weighted by Crippen LogP contribution is -2.36. The molecule has 2 fully saturated rings. The van der Waals surface area contributed by atoms with E-state index in [-0.39, 0.29) is 17.7 Å². The van der Waals surface area contributed by atoms with Crippen LogP contribution in [0.15, 0.2) is 59.8 Å². The van der Waals surface area contributed by atoms with Gasteiger partial charge < -0.3 is 15.0 Å². The quantitative estimate of drug-likeness (QED) is 0.639.